The Morgan fingerprint density at radius 2 is 1.88 bits per heavy atom. The molecule has 0 aromatic carbocycles. The molecule has 0 amide bonds. The van der Waals surface area contributed by atoms with Crippen molar-refractivity contribution in [2.45, 2.75) is 44.1 Å². The largest absolute Gasteiger partial charge is 0.381 e. The Balaban J connectivity index is 1.88. The molecule has 2 aliphatic rings. The molecule has 1 aliphatic carbocycles. The van der Waals surface area contributed by atoms with Crippen LogP contribution in [0.1, 0.15) is 54.7 Å². The van der Waals surface area contributed by atoms with E-state index in [9.17, 15) is 0 Å². The van der Waals surface area contributed by atoms with Gasteiger partial charge in [-0.3, -0.25) is 0 Å². The van der Waals surface area contributed by atoms with Gasteiger partial charge in [0.25, 0.3) is 0 Å². The maximum atomic E-state index is 5.72. The fourth-order valence-electron chi connectivity index (χ4n) is 2.37. The smallest absolute Gasteiger partial charge is 0.132 e. The lowest BCUT2D eigenvalue weighted by molar-refractivity contribution is 0.0844. The number of aromatic nitrogens is 2. The summed E-state index contributed by atoms with van der Waals surface area (Å²) in [6, 6.07) is 2.09. The molecule has 2 N–H and O–H groups in total. The van der Waals surface area contributed by atoms with Crippen molar-refractivity contribution >= 4 is 0 Å². The van der Waals surface area contributed by atoms with Gasteiger partial charge in [0.1, 0.15) is 5.82 Å². The molecule has 92 valence electrons. The van der Waals surface area contributed by atoms with Crippen LogP contribution in [0.5, 0.6) is 0 Å². The SMILES string of the molecule is NCc1cc(C2CCOCC2)nc(C2CC2)n1. The molecule has 1 aromatic rings. The topological polar surface area (TPSA) is 61.0 Å². The highest BCUT2D eigenvalue weighted by molar-refractivity contribution is 5.19. The van der Waals surface area contributed by atoms with Crippen molar-refractivity contribution in [1.29, 1.82) is 0 Å². The van der Waals surface area contributed by atoms with E-state index in [2.05, 4.69) is 11.1 Å². The molecular weight excluding hydrogens is 214 g/mol. The van der Waals surface area contributed by atoms with E-state index in [1.54, 1.807) is 0 Å². The second kappa shape index (κ2) is 4.70. The molecule has 2 heterocycles. The summed E-state index contributed by atoms with van der Waals surface area (Å²) in [7, 11) is 0. The van der Waals surface area contributed by atoms with Crippen molar-refractivity contribution in [3.63, 3.8) is 0 Å². The molecule has 0 bridgehead atoms. The van der Waals surface area contributed by atoms with E-state index in [1.165, 1.54) is 18.5 Å². The molecule has 0 spiro atoms. The zero-order chi connectivity index (χ0) is 11.7. The van der Waals surface area contributed by atoms with Crippen LogP contribution in [-0.2, 0) is 11.3 Å². The Hall–Kier alpha value is -1.00. The van der Waals surface area contributed by atoms with E-state index in [1.807, 2.05) is 0 Å². The van der Waals surface area contributed by atoms with Crippen LogP contribution in [0.15, 0.2) is 6.07 Å². The number of hydrogen-bond acceptors (Lipinski definition) is 4. The van der Waals surface area contributed by atoms with E-state index in [4.69, 9.17) is 15.5 Å². The van der Waals surface area contributed by atoms with Gasteiger partial charge in [-0.1, -0.05) is 0 Å². The minimum atomic E-state index is 0.512. The molecule has 0 radical (unpaired) electrons. The molecule has 0 unspecified atom stereocenters. The van der Waals surface area contributed by atoms with Crippen LogP contribution < -0.4 is 5.73 Å². The Bertz CT molecular complexity index is 398. The van der Waals surface area contributed by atoms with Crippen molar-refractivity contribution in [3.8, 4) is 0 Å². The lowest BCUT2D eigenvalue weighted by atomic mass is 9.95. The van der Waals surface area contributed by atoms with E-state index < -0.39 is 0 Å². The summed E-state index contributed by atoms with van der Waals surface area (Å²) in [5.41, 5.74) is 7.90. The quantitative estimate of drug-likeness (QED) is 0.863. The molecule has 2 fully saturated rings. The van der Waals surface area contributed by atoms with Crippen molar-refractivity contribution in [3.05, 3.63) is 23.3 Å². The van der Waals surface area contributed by atoms with E-state index in [0.717, 1.165) is 37.6 Å². The second-order valence-electron chi connectivity index (χ2n) is 5.01. The zero-order valence-electron chi connectivity index (χ0n) is 10.1. The molecule has 3 rings (SSSR count). The van der Waals surface area contributed by atoms with Crippen LogP contribution >= 0.6 is 0 Å². The van der Waals surface area contributed by atoms with Crippen molar-refractivity contribution in [2.24, 2.45) is 5.73 Å². The number of ether oxygens (including phenoxy) is 1. The molecule has 0 atom stereocenters. The average molecular weight is 233 g/mol. The summed E-state index contributed by atoms with van der Waals surface area (Å²) in [6.07, 6.45) is 4.62. The van der Waals surface area contributed by atoms with Gasteiger partial charge in [-0.05, 0) is 31.7 Å². The summed E-state index contributed by atoms with van der Waals surface area (Å²) < 4.78 is 5.40. The fourth-order valence-corrected chi connectivity index (χ4v) is 2.37. The van der Waals surface area contributed by atoms with Crippen LogP contribution in [0.3, 0.4) is 0 Å². The monoisotopic (exact) mass is 233 g/mol. The third-order valence-corrected chi connectivity index (χ3v) is 3.61. The van der Waals surface area contributed by atoms with Gasteiger partial charge in [0.15, 0.2) is 0 Å². The van der Waals surface area contributed by atoms with Crippen molar-refractivity contribution < 1.29 is 4.74 Å². The number of hydrogen-bond donors (Lipinski definition) is 1. The number of rotatable bonds is 3. The zero-order valence-corrected chi connectivity index (χ0v) is 10.1. The molecule has 4 heteroatoms. The number of nitrogens with zero attached hydrogens (tertiary/aromatic N) is 2. The molecule has 1 aliphatic heterocycles. The van der Waals surface area contributed by atoms with Gasteiger partial charge < -0.3 is 10.5 Å². The summed E-state index contributed by atoms with van der Waals surface area (Å²) in [5, 5.41) is 0. The second-order valence-corrected chi connectivity index (χ2v) is 5.01. The normalized spacial score (nSPS) is 21.7. The van der Waals surface area contributed by atoms with Crippen molar-refractivity contribution in [2.75, 3.05) is 13.2 Å². The predicted octanol–water partition coefficient (Wildman–Crippen LogP) is 1.71. The minimum Gasteiger partial charge on any atom is -0.381 e. The minimum absolute atomic E-state index is 0.512. The van der Waals surface area contributed by atoms with Gasteiger partial charge in [0, 0.05) is 37.3 Å². The van der Waals surface area contributed by atoms with Crippen LogP contribution in [0.2, 0.25) is 0 Å². The first-order valence-corrected chi connectivity index (χ1v) is 6.52. The van der Waals surface area contributed by atoms with Gasteiger partial charge in [-0.15, -0.1) is 0 Å². The van der Waals surface area contributed by atoms with Gasteiger partial charge in [0.05, 0.1) is 5.69 Å². The first kappa shape index (κ1) is 11.1. The highest BCUT2D eigenvalue weighted by Gasteiger charge is 2.28. The third kappa shape index (κ3) is 2.48. The summed E-state index contributed by atoms with van der Waals surface area (Å²) in [5.74, 6) is 2.16. The maximum absolute atomic E-state index is 5.72. The lowest BCUT2D eigenvalue weighted by Crippen LogP contribution is -2.17. The molecular formula is C13H19N3O. The molecule has 17 heavy (non-hydrogen) atoms. The molecule has 1 saturated heterocycles. The standard InChI is InChI=1S/C13H19N3O/c14-8-11-7-12(9-3-5-17-6-4-9)16-13(15-11)10-1-2-10/h7,9-10H,1-6,8,14H2. The molecule has 1 saturated carbocycles. The Labute approximate surface area is 102 Å². The van der Waals surface area contributed by atoms with Crippen LogP contribution in [0.25, 0.3) is 0 Å². The van der Waals surface area contributed by atoms with Gasteiger partial charge in [0.2, 0.25) is 0 Å². The van der Waals surface area contributed by atoms with Crippen LogP contribution in [0.4, 0.5) is 0 Å². The maximum Gasteiger partial charge on any atom is 0.132 e. The van der Waals surface area contributed by atoms with Crippen LogP contribution in [0, 0.1) is 0 Å². The first-order chi connectivity index (χ1) is 8.36. The van der Waals surface area contributed by atoms with Crippen LogP contribution in [-0.4, -0.2) is 23.2 Å². The Kier molecular flexibility index (Phi) is 3.07. The van der Waals surface area contributed by atoms with E-state index in [-0.39, 0.29) is 0 Å². The highest BCUT2D eigenvalue weighted by Crippen LogP contribution is 2.39. The third-order valence-electron chi connectivity index (χ3n) is 3.61. The summed E-state index contributed by atoms with van der Waals surface area (Å²) >= 11 is 0. The highest BCUT2D eigenvalue weighted by atomic mass is 16.5. The summed E-state index contributed by atoms with van der Waals surface area (Å²) in [4.78, 5) is 9.29. The fraction of sp³-hybridized carbons (Fsp3) is 0.692. The predicted molar refractivity (Wildman–Crippen MR) is 64.7 cm³/mol. The Morgan fingerprint density at radius 1 is 1.12 bits per heavy atom. The van der Waals surface area contributed by atoms with Gasteiger partial charge in [-0.25, -0.2) is 9.97 Å². The molecule has 4 nitrogen and oxygen atoms in total. The lowest BCUT2D eigenvalue weighted by Gasteiger charge is -2.22. The van der Waals surface area contributed by atoms with Crippen molar-refractivity contribution in [1.82, 2.24) is 9.97 Å². The van der Waals surface area contributed by atoms with E-state index in [0.29, 0.717) is 18.4 Å². The van der Waals surface area contributed by atoms with Gasteiger partial charge in [-0.2, -0.15) is 0 Å². The number of nitrogens with two attached hydrogens (primary N) is 1. The van der Waals surface area contributed by atoms with Gasteiger partial charge >= 0.3 is 0 Å². The average Bonchev–Trinajstić information content (AvgIpc) is 3.23. The van der Waals surface area contributed by atoms with E-state index >= 15 is 0 Å². The first-order valence-electron chi connectivity index (χ1n) is 6.52. The molecule has 1 aromatic heterocycles. The Morgan fingerprint density at radius 3 is 2.53 bits per heavy atom. The summed E-state index contributed by atoms with van der Waals surface area (Å²) in [6.45, 7) is 2.22.